The second kappa shape index (κ2) is 6.72. The van der Waals surface area contributed by atoms with Crippen LogP contribution >= 0.6 is 0 Å². The standard InChI is InChI=1S/C15H23NO4/c1-10(17)13(18)12-8-6-5-7-11(12)9-16-14(19)20-15(2,3)4/h5-8,10,13,17-18H,9H2,1-4H3,(H,16,19)/t10-,13+/m1/s1. The molecule has 1 amide bonds. The van der Waals surface area contributed by atoms with Gasteiger partial charge in [0.25, 0.3) is 0 Å². The zero-order chi connectivity index (χ0) is 15.3. The number of ether oxygens (including phenoxy) is 1. The van der Waals surface area contributed by atoms with Crippen LogP contribution in [0, 0.1) is 0 Å². The van der Waals surface area contributed by atoms with E-state index in [-0.39, 0.29) is 6.54 Å². The van der Waals surface area contributed by atoms with Crippen LogP contribution in [-0.2, 0) is 11.3 Å². The van der Waals surface area contributed by atoms with Gasteiger partial charge in [-0.15, -0.1) is 0 Å². The largest absolute Gasteiger partial charge is 0.444 e. The van der Waals surface area contributed by atoms with Gasteiger partial charge in [-0.25, -0.2) is 4.79 Å². The molecule has 0 unspecified atom stereocenters. The summed E-state index contributed by atoms with van der Waals surface area (Å²) in [6, 6.07) is 7.10. The number of amides is 1. The van der Waals surface area contributed by atoms with Gasteiger partial charge in [-0.3, -0.25) is 0 Å². The number of aliphatic hydroxyl groups excluding tert-OH is 2. The molecule has 3 N–H and O–H groups in total. The molecule has 0 aromatic heterocycles. The molecule has 0 aliphatic carbocycles. The predicted molar refractivity (Wildman–Crippen MR) is 76.2 cm³/mol. The molecule has 1 aromatic rings. The van der Waals surface area contributed by atoms with Crippen molar-refractivity contribution in [3.63, 3.8) is 0 Å². The minimum atomic E-state index is -0.980. The Bertz CT molecular complexity index is 451. The van der Waals surface area contributed by atoms with E-state index in [9.17, 15) is 15.0 Å². The van der Waals surface area contributed by atoms with E-state index in [0.717, 1.165) is 5.56 Å². The highest BCUT2D eigenvalue weighted by Gasteiger charge is 2.19. The second-order valence-electron chi connectivity index (χ2n) is 5.74. The number of alkyl carbamates (subject to hydrolysis) is 1. The highest BCUT2D eigenvalue weighted by molar-refractivity contribution is 5.67. The average Bonchev–Trinajstić information content (AvgIpc) is 2.33. The number of carbonyl (C=O) groups excluding carboxylic acids is 1. The Morgan fingerprint density at radius 3 is 2.45 bits per heavy atom. The molecule has 1 aromatic carbocycles. The van der Waals surface area contributed by atoms with Crippen molar-refractivity contribution in [3.8, 4) is 0 Å². The van der Waals surface area contributed by atoms with Crippen LogP contribution in [0.3, 0.4) is 0 Å². The van der Waals surface area contributed by atoms with Gasteiger partial charge in [0.05, 0.1) is 6.10 Å². The van der Waals surface area contributed by atoms with Gasteiger partial charge in [0.1, 0.15) is 11.7 Å². The smallest absolute Gasteiger partial charge is 0.407 e. The minimum absolute atomic E-state index is 0.231. The quantitative estimate of drug-likeness (QED) is 0.790. The summed E-state index contributed by atoms with van der Waals surface area (Å²) in [5.41, 5.74) is 0.785. The zero-order valence-corrected chi connectivity index (χ0v) is 12.4. The molecule has 0 spiro atoms. The molecule has 0 bridgehead atoms. The number of nitrogens with one attached hydrogen (secondary N) is 1. The monoisotopic (exact) mass is 281 g/mol. The van der Waals surface area contributed by atoms with Crippen molar-refractivity contribution in [2.75, 3.05) is 0 Å². The molecule has 1 rings (SSSR count). The van der Waals surface area contributed by atoms with E-state index in [1.165, 1.54) is 6.92 Å². The maximum absolute atomic E-state index is 11.6. The molecule has 0 heterocycles. The van der Waals surface area contributed by atoms with E-state index < -0.39 is 23.9 Å². The van der Waals surface area contributed by atoms with Gasteiger partial charge in [0.15, 0.2) is 0 Å². The van der Waals surface area contributed by atoms with Crippen LogP contribution in [0.25, 0.3) is 0 Å². The van der Waals surface area contributed by atoms with Gasteiger partial charge in [0.2, 0.25) is 0 Å². The normalized spacial score (nSPS) is 14.5. The third-order valence-electron chi connectivity index (χ3n) is 2.65. The van der Waals surface area contributed by atoms with Crippen molar-refractivity contribution in [2.45, 2.75) is 52.0 Å². The maximum atomic E-state index is 11.6. The first-order valence-corrected chi connectivity index (χ1v) is 6.61. The summed E-state index contributed by atoms with van der Waals surface area (Å²) < 4.78 is 5.15. The second-order valence-corrected chi connectivity index (χ2v) is 5.74. The third-order valence-corrected chi connectivity index (χ3v) is 2.65. The van der Waals surface area contributed by atoms with E-state index in [2.05, 4.69) is 5.32 Å². The first-order chi connectivity index (χ1) is 9.20. The lowest BCUT2D eigenvalue weighted by molar-refractivity contribution is 0.0297. The van der Waals surface area contributed by atoms with Crippen LogP contribution in [0.1, 0.15) is 44.9 Å². The molecule has 0 aliphatic rings. The Kier molecular flexibility index (Phi) is 5.53. The van der Waals surface area contributed by atoms with Crippen LogP contribution in [0.4, 0.5) is 4.79 Å². The fraction of sp³-hybridized carbons (Fsp3) is 0.533. The Labute approximate surface area is 119 Å². The van der Waals surface area contributed by atoms with Gasteiger partial charge in [-0.05, 0) is 38.8 Å². The molecule has 20 heavy (non-hydrogen) atoms. The summed E-state index contributed by atoms with van der Waals surface area (Å²) in [6.45, 7) is 7.12. The van der Waals surface area contributed by atoms with Crippen LogP contribution in [0.15, 0.2) is 24.3 Å². The molecule has 0 saturated heterocycles. The Balaban J connectivity index is 2.71. The number of aliphatic hydroxyl groups is 2. The molecule has 0 radical (unpaired) electrons. The minimum Gasteiger partial charge on any atom is -0.444 e. The molecule has 0 aliphatic heterocycles. The summed E-state index contributed by atoms with van der Waals surface area (Å²) in [4.78, 5) is 11.6. The molecule has 5 nitrogen and oxygen atoms in total. The fourth-order valence-electron chi connectivity index (χ4n) is 1.73. The molecular weight excluding hydrogens is 258 g/mol. The van der Waals surface area contributed by atoms with Crippen LogP contribution in [0.5, 0.6) is 0 Å². The molecule has 5 heteroatoms. The van der Waals surface area contributed by atoms with Crippen molar-refractivity contribution in [1.29, 1.82) is 0 Å². The van der Waals surface area contributed by atoms with E-state index >= 15 is 0 Å². The third kappa shape index (κ3) is 5.19. The fourth-order valence-corrected chi connectivity index (χ4v) is 1.73. The van der Waals surface area contributed by atoms with Crippen molar-refractivity contribution in [2.24, 2.45) is 0 Å². The number of hydrogen-bond acceptors (Lipinski definition) is 4. The van der Waals surface area contributed by atoms with Gasteiger partial charge in [0, 0.05) is 6.54 Å². The van der Waals surface area contributed by atoms with Crippen molar-refractivity contribution < 1.29 is 19.7 Å². The van der Waals surface area contributed by atoms with E-state index in [1.54, 1.807) is 39.0 Å². The summed E-state index contributed by atoms with van der Waals surface area (Å²) in [5.74, 6) is 0. The lowest BCUT2D eigenvalue weighted by Crippen LogP contribution is -2.32. The van der Waals surface area contributed by atoms with Crippen molar-refractivity contribution in [1.82, 2.24) is 5.32 Å². The number of rotatable bonds is 4. The van der Waals surface area contributed by atoms with E-state index in [0.29, 0.717) is 5.56 Å². The number of carbonyl (C=O) groups is 1. The Morgan fingerprint density at radius 2 is 1.90 bits per heavy atom. The lowest BCUT2D eigenvalue weighted by atomic mass is 9.99. The number of hydrogen-bond donors (Lipinski definition) is 3. The van der Waals surface area contributed by atoms with Gasteiger partial charge < -0.3 is 20.3 Å². The highest BCUT2D eigenvalue weighted by Crippen LogP contribution is 2.21. The molecule has 0 fully saturated rings. The Hall–Kier alpha value is -1.59. The lowest BCUT2D eigenvalue weighted by Gasteiger charge is -2.21. The van der Waals surface area contributed by atoms with Crippen molar-refractivity contribution >= 4 is 6.09 Å². The van der Waals surface area contributed by atoms with Crippen LogP contribution in [0.2, 0.25) is 0 Å². The summed E-state index contributed by atoms with van der Waals surface area (Å²) >= 11 is 0. The van der Waals surface area contributed by atoms with Crippen LogP contribution in [-0.4, -0.2) is 28.0 Å². The Morgan fingerprint density at radius 1 is 1.30 bits per heavy atom. The topological polar surface area (TPSA) is 78.8 Å². The van der Waals surface area contributed by atoms with E-state index in [4.69, 9.17) is 4.74 Å². The molecule has 112 valence electrons. The van der Waals surface area contributed by atoms with Gasteiger partial charge in [-0.1, -0.05) is 24.3 Å². The summed E-state index contributed by atoms with van der Waals surface area (Å²) in [6.07, 6.45) is -2.37. The summed E-state index contributed by atoms with van der Waals surface area (Å²) in [5, 5.41) is 22.0. The van der Waals surface area contributed by atoms with E-state index in [1.807, 2.05) is 6.07 Å². The highest BCUT2D eigenvalue weighted by atomic mass is 16.6. The maximum Gasteiger partial charge on any atom is 0.407 e. The van der Waals surface area contributed by atoms with Crippen LogP contribution < -0.4 is 5.32 Å². The predicted octanol–water partition coefficient (Wildman–Crippen LogP) is 2.13. The number of benzene rings is 1. The summed E-state index contributed by atoms with van der Waals surface area (Å²) in [7, 11) is 0. The zero-order valence-electron chi connectivity index (χ0n) is 12.4. The van der Waals surface area contributed by atoms with Gasteiger partial charge in [-0.2, -0.15) is 0 Å². The van der Waals surface area contributed by atoms with Gasteiger partial charge >= 0.3 is 6.09 Å². The first kappa shape index (κ1) is 16.5. The van der Waals surface area contributed by atoms with Crippen molar-refractivity contribution in [3.05, 3.63) is 35.4 Å². The SMILES string of the molecule is C[C@@H](O)[C@H](O)c1ccccc1CNC(=O)OC(C)(C)C. The molecule has 0 saturated carbocycles. The molecule has 2 atom stereocenters. The molecular formula is C15H23NO4. The first-order valence-electron chi connectivity index (χ1n) is 6.61. The average molecular weight is 281 g/mol.